The molecule has 0 saturated carbocycles. The first-order valence-corrected chi connectivity index (χ1v) is 20.3. The van der Waals surface area contributed by atoms with Crippen LogP contribution < -0.4 is 20.3 Å². The van der Waals surface area contributed by atoms with Gasteiger partial charge in [0.25, 0.3) is 5.56 Å². The number of nitrogens with zero attached hydrogens (tertiary/aromatic N) is 4. The smallest absolute Gasteiger partial charge is 0.406 e. The molecule has 6 rings (SSSR count). The molecular weight excluding hydrogens is 919 g/mol. The van der Waals surface area contributed by atoms with Crippen LogP contribution in [-0.2, 0) is 24.4 Å². The Kier molecular flexibility index (Phi) is 13.4. The van der Waals surface area contributed by atoms with E-state index >= 15 is 0 Å². The summed E-state index contributed by atoms with van der Waals surface area (Å²) in [6.45, 7) is 0.283. The molecule has 1 saturated heterocycles. The molecule has 0 aliphatic carbocycles. The first kappa shape index (κ1) is 44.3. The van der Waals surface area contributed by atoms with E-state index in [1.54, 1.807) is 0 Å². The lowest BCUT2D eigenvalue weighted by Gasteiger charge is -2.29. The number of sulfone groups is 2. The maximum atomic E-state index is 14.7. The highest BCUT2D eigenvalue weighted by Crippen LogP contribution is 2.29. The van der Waals surface area contributed by atoms with Crippen LogP contribution in [0.4, 0.5) is 36.4 Å². The van der Waals surface area contributed by atoms with Crippen molar-refractivity contribution in [3.8, 4) is 17.2 Å². The van der Waals surface area contributed by atoms with Crippen molar-refractivity contribution >= 4 is 52.9 Å². The number of halogens is 9. The molecule has 310 valence electrons. The summed E-state index contributed by atoms with van der Waals surface area (Å²) in [5.74, 6) is -1.08. The van der Waals surface area contributed by atoms with Gasteiger partial charge in [0.15, 0.2) is 15.7 Å². The molecule has 1 unspecified atom stereocenters. The minimum Gasteiger partial charge on any atom is -0.406 e. The van der Waals surface area contributed by atoms with Crippen molar-refractivity contribution in [1.29, 1.82) is 0 Å². The Morgan fingerprint density at radius 2 is 1.31 bits per heavy atom. The van der Waals surface area contributed by atoms with E-state index < -0.39 is 60.2 Å². The molecule has 1 atom stereocenters. The summed E-state index contributed by atoms with van der Waals surface area (Å²) in [4.78, 5) is 19.9. The van der Waals surface area contributed by atoms with E-state index in [2.05, 4.69) is 45.8 Å². The summed E-state index contributed by atoms with van der Waals surface area (Å²) >= 11 is 9.29. The van der Waals surface area contributed by atoms with Gasteiger partial charge in [-0.3, -0.25) is 4.79 Å². The SMILES string of the molecule is O=S(=O)(c1ccc(OC(F)(F)F)cc1)c1ccc(Br)cn1.O=c1c(Cl)c(NCC2(F)CCCOC2)cnn1-c1ccc(S(=O)(=O)c2ccc(OC(F)(F)F)cc2)nc1. The largest absolute Gasteiger partial charge is 0.573 e. The van der Waals surface area contributed by atoms with E-state index in [-0.39, 0.29) is 44.4 Å². The van der Waals surface area contributed by atoms with Crippen LogP contribution in [0.5, 0.6) is 11.5 Å². The van der Waals surface area contributed by atoms with Crippen molar-refractivity contribution in [1.82, 2.24) is 19.7 Å². The second-order valence-electron chi connectivity index (χ2n) is 12.0. The molecule has 1 fully saturated rings. The van der Waals surface area contributed by atoms with Gasteiger partial charge in [0.1, 0.15) is 16.5 Å². The molecule has 1 aliphatic heterocycles. The van der Waals surface area contributed by atoms with Gasteiger partial charge in [-0.1, -0.05) is 11.6 Å². The number of hydrogen-bond donors (Lipinski definition) is 1. The average Bonchev–Trinajstić information content (AvgIpc) is 3.15. The monoisotopic (exact) mass is 943 g/mol. The van der Waals surface area contributed by atoms with Crippen molar-refractivity contribution in [3.63, 3.8) is 0 Å². The predicted octanol–water partition coefficient (Wildman–Crippen LogP) is 7.52. The Balaban J connectivity index is 0.000000258. The first-order valence-electron chi connectivity index (χ1n) is 16.1. The van der Waals surface area contributed by atoms with Gasteiger partial charge in [-0.25, -0.2) is 31.2 Å². The van der Waals surface area contributed by atoms with Crippen LogP contribution in [0.25, 0.3) is 5.69 Å². The number of ether oxygens (including phenoxy) is 3. The Bertz CT molecular complexity index is 2490. The van der Waals surface area contributed by atoms with Crippen LogP contribution in [0.15, 0.2) is 120 Å². The fourth-order valence-electron chi connectivity index (χ4n) is 5.01. The molecule has 3 aromatic heterocycles. The summed E-state index contributed by atoms with van der Waals surface area (Å²) in [6, 6.07) is 12.7. The van der Waals surface area contributed by atoms with E-state index in [9.17, 15) is 52.4 Å². The molecule has 4 heterocycles. The third-order valence-corrected chi connectivity index (χ3v) is 11.9. The molecular formula is C34H26BrClF7N5O8S2. The van der Waals surface area contributed by atoms with Crippen LogP contribution in [-0.4, -0.2) is 74.7 Å². The molecule has 58 heavy (non-hydrogen) atoms. The summed E-state index contributed by atoms with van der Waals surface area (Å²) in [5, 5.41) is 5.90. The average molecular weight is 945 g/mol. The normalized spacial score (nSPS) is 16.2. The van der Waals surface area contributed by atoms with Gasteiger partial charge in [-0.05, 0) is 102 Å². The van der Waals surface area contributed by atoms with E-state index in [4.69, 9.17) is 16.3 Å². The quantitative estimate of drug-likeness (QED) is 0.137. The second kappa shape index (κ2) is 17.6. The van der Waals surface area contributed by atoms with E-state index in [1.165, 1.54) is 30.6 Å². The fraction of sp³-hybridized carbons (Fsp3) is 0.235. The molecule has 0 bridgehead atoms. The number of aromatic nitrogens is 4. The minimum atomic E-state index is -4.92. The summed E-state index contributed by atoms with van der Waals surface area (Å²) < 4.78 is 152. The molecule has 0 radical (unpaired) electrons. The fourth-order valence-corrected chi connectivity index (χ4v) is 7.79. The Morgan fingerprint density at radius 3 is 1.74 bits per heavy atom. The maximum absolute atomic E-state index is 14.7. The van der Waals surface area contributed by atoms with E-state index in [1.807, 2.05) is 0 Å². The number of benzene rings is 2. The van der Waals surface area contributed by atoms with Crippen LogP contribution in [0, 0.1) is 0 Å². The van der Waals surface area contributed by atoms with E-state index in [0.29, 0.717) is 23.9 Å². The molecule has 2 aromatic carbocycles. The molecule has 13 nitrogen and oxygen atoms in total. The van der Waals surface area contributed by atoms with E-state index in [0.717, 1.165) is 65.5 Å². The minimum absolute atomic E-state index is 0.0749. The highest BCUT2D eigenvalue weighted by molar-refractivity contribution is 9.10. The zero-order valence-corrected chi connectivity index (χ0v) is 32.9. The van der Waals surface area contributed by atoms with Crippen molar-refractivity contribution in [2.45, 2.75) is 51.1 Å². The summed E-state index contributed by atoms with van der Waals surface area (Å²) in [5.41, 5.74) is -2.14. The zero-order valence-electron chi connectivity index (χ0n) is 29.0. The molecule has 1 N–H and O–H groups in total. The van der Waals surface area contributed by atoms with Crippen molar-refractivity contribution < 1.29 is 61.8 Å². The molecule has 0 amide bonds. The molecule has 5 aromatic rings. The van der Waals surface area contributed by atoms with Gasteiger partial charge < -0.3 is 19.5 Å². The van der Waals surface area contributed by atoms with Gasteiger partial charge >= 0.3 is 12.7 Å². The van der Waals surface area contributed by atoms with Crippen LogP contribution in [0.3, 0.4) is 0 Å². The Hall–Kier alpha value is -4.84. The van der Waals surface area contributed by atoms with Crippen LogP contribution in [0.2, 0.25) is 5.02 Å². The zero-order chi connectivity index (χ0) is 42.5. The third-order valence-electron chi connectivity index (χ3n) is 7.74. The van der Waals surface area contributed by atoms with Crippen molar-refractivity contribution in [2.24, 2.45) is 0 Å². The highest BCUT2D eigenvalue weighted by Gasteiger charge is 2.34. The lowest BCUT2D eigenvalue weighted by Crippen LogP contribution is -2.40. The maximum Gasteiger partial charge on any atom is 0.573 e. The Morgan fingerprint density at radius 1 is 0.793 bits per heavy atom. The number of anilines is 1. The van der Waals surface area contributed by atoms with Crippen molar-refractivity contribution in [2.75, 3.05) is 25.1 Å². The second-order valence-corrected chi connectivity index (χ2v) is 17.1. The highest BCUT2D eigenvalue weighted by atomic mass is 79.9. The number of nitrogens with one attached hydrogen (secondary N) is 1. The topological polar surface area (TPSA) is 169 Å². The third kappa shape index (κ3) is 11.4. The van der Waals surface area contributed by atoms with Gasteiger partial charge in [-0.15, -0.1) is 26.3 Å². The Labute approximate surface area is 337 Å². The summed E-state index contributed by atoms with van der Waals surface area (Å²) in [7, 11) is -8.07. The van der Waals surface area contributed by atoms with Crippen molar-refractivity contribution in [3.05, 3.63) is 111 Å². The predicted molar refractivity (Wildman–Crippen MR) is 194 cm³/mol. The summed E-state index contributed by atoms with van der Waals surface area (Å²) in [6.07, 6.45) is -5.26. The lowest BCUT2D eigenvalue weighted by atomic mass is 9.99. The molecule has 0 spiro atoms. The van der Waals surface area contributed by atoms with Gasteiger partial charge in [0.2, 0.25) is 19.7 Å². The van der Waals surface area contributed by atoms with Gasteiger partial charge in [-0.2, -0.15) is 9.78 Å². The van der Waals surface area contributed by atoms with Crippen LogP contribution in [0.1, 0.15) is 12.8 Å². The lowest BCUT2D eigenvalue weighted by molar-refractivity contribution is -0.275. The standard InChI is InChI=1S/C22H19ClF4N4O5S.C12H7BrF3NO3S/c23-19-17(29-12-21(24)8-1-9-35-13-21)11-30-31(20(19)32)14-2-7-18(28-10-14)37(33,34)16-5-3-15(4-6-16)36-22(25,26)27;13-8-1-6-11(17-7-8)21(18,19)10-4-2-9(3-5-10)20-12(14,15)16/h2-7,10-11,29H,1,8-9,12-13H2;1-7H. The number of alkyl halides is 7. The first-order chi connectivity index (χ1) is 27.1. The van der Waals surface area contributed by atoms with Crippen LogP contribution >= 0.6 is 27.5 Å². The van der Waals surface area contributed by atoms with Gasteiger partial charge in [0, 0.05) is 17.3 Å². The number of rotatable bonds is 10. The molecule has 24 heteroatoms. The molecule has 1 aliphatic rings. The number of hydrogen-bond acceptors (Lipinski definition) is 12. The number of pyridine rings is 2. The van der Waals surface area contributed by atoms with Gasteiger partial charge in [0.05, 0.1) is 46.7 Å².